The van der Waals surface area contributed by atoms with Gasteiger partial charge in [0, 0.05) is 43.1 Å². The molecule has 672 valence electrons. The van der Waals surface area contributed by atoms with Crippen LogP contribution in [0.3, 0.4) is 0 Å². The van der Waals surface area contributed by atoms with E-state index in [1.807, 2.05) is 6.92 Å². The normalized spacial score (nSPS) is 25.4. The van der Waals surface area contributed by atoms with Crippen molar-refractivity contribution in [3.63, 3.8) is 0 Å². The molecule has 4 aliphatic heterocycles. The first-order chi connectivity index (χ1) is 54.6. The molecule has 0 aromatic carbocycles. The lowest BCUT2D eigenvalue weighted by molar-refractivity contribution is -0.870. The van der Waals surface area contributed by atoms with Crippen LogP contribution < -0.4 is 0 Å². The summed E-state index contributed by atoms with van der Waals surface area (Å²) >= 11 is 0. The van der Waals surface area contributed by atoms with Crippen LogP contribution in [0.25, 0.3) is 0 Å². The van der Waals surface area contributed by atoms with Crippen LogP contribution in [0.15, 0.2) is 0 Å². The van der Waals surface area contributed by atoms with E-state index in [0.717, 1.165) is 112 Å². The number of aliphatic hydroxyl groups excluding tert-OH is 1. The van der Waals surface area contributed by atoms with Crippen LogP contribution in [0.1, 0.15) is 465 Å². The summed E-state index contributed by atoms with van der Waals surface area (Å²) in [6, 6.07) is 2.95. The fourth-order valence-corrected chi connectivity index (χ4v) is 43.6. The highest BCUT2D eigenvalue weighted by atomic mass is 28.5. The second-order valence-electron chi connectivity index (χ2n) is 38.8. The third kappa shape index (κ3) is 50.3. The number of aliphatic hydroxyl groups is 1. The van der Waals surface area contributed by atoms with Gasteiger partial charge in [-0.15, -0.1) is 0 Å². The summed E-state index contributed by atoms with van der Waals surface area (Å²) in [5.74, 6) is 0. The molecule has 4 saturated heterocycles. The first kappa shape index (κ1) is 106. The molecule has 0 aliphatic carbocycles. The zero-order valence-corrected chi connectivity index (χ0v) is 83.3. The van der Waals surface area contributed by atoms with Crippen LogP contribution in [0.2, 0.25) is 36.3 Å². The molecule has 3 N–H and O–H groups in total. The maximum Gasteiger partial charge on any atom is 0.491 e. The van der Waals surface area contributed by atoms with Gasteiger partial charge in [-0.25, -0.2) is 0 Å². The largest absolute Gasteiger partial charge is 0.491 e. The summed E-state index contributed by atoms with van der Waals surface area (Å²) in [5.41, 5.74) is 0. The van der Waals surface area contributed by atoms with E-state index >= 15 is 0 Å². The molecule has 4 rings (SSSR count). The topological polar surface area (TPSA) is 153 Å². The zero-order chi connectivity index (χ0) is 81.9. The van der Waals surface area contributed by atoms with Gasteiger partial charge in [0.1, 0.15) is 24.4 Å². The third-order valence-corrected chi connectivity index (χ3v) is 46.6. The summed E-state index contributed by atoms with van der Waals surface area (Å²) in [6.45, 7) is 14.7. The van der Waals surface area contributed by atoms with Crippen molar-refractivity contribution in [1.29, 1.82) is 0 Å². The average Bonchev–Trinajstić information content (AvgIpc) is 1.56. The van der Waals surface area contributed by atoms with Crippen LogP contribution in [0.5, 0.6) is 0 Å². The number of nitrogens with zero attached hydrogens (tertiary/aromatic N) is 2. The lowest BCUT2D eigenvalue weighted by Crippen LogP contribution is -2.67. The second-order valence-corrected chi connectivity index (χ2v) is 55.1. The average molecular weight is 1710 g/mol. The molecule has 113 heavy (non-hydrogen) atoms. The molecule has 0 aromatic rings. The van der Waals surface area contributed by atoms with Gasteiger partial charge in [0.2, 0.25) is 0 Å². The lowest BCUT2D eigenvalue weighted by Gasteiger charge is -2.43. The third-order valence-electron chi connectivity index (χ3n) is 25.1. The molecule has 6 bridgehead atoms. The smallest absolute Gasteiger partial charge is 0.413 e. The molecule has 12 unspecified atom stereocenters. The van der Waals surface area contributed by atoms with Gasteiger partial charge in [-0.1, -0.05) is 419 Å². The predicted molar refractivity (Wildman–Crippen MR) is 490 cm³/mol. The van der Waals surface area contributed by atoms with Crippen molar-refractivity contribution in [2.24, 2.45) is 0 Å². The highest BCUT2D eigenvalue weighted by molar-refractivity contribution is 6.86. The molecular weight excluding hydrogens is 1510 g/mol. The van der Waals surface area contributed by atoms with E-state index in [4.69, 9.17) is 42.7 Å². The quantitative estimate of drug-likeness (QED) is 0.0301. The minimum absolute atomic E-state index is 0.421. The molecule has 0 aromatic heterocycles. The summed E-state index contributed by atoms with van der Waals surface area (Å²) in [4.78, 5) is 26.1. The van der Waals surface area contributed by atoms with Crippen LogP contribution in [-0.4, -0.2) is 169 Å². The van der Waals surface area contributed by atoms with Gasteiger partial charge in [-0.2, -0.15) is 0 Å². The van der Waals surface area contributed by atoms with E-state index in [1.54, 1.807) is 6.92 Å². The lowest BCUT2D eigenvalue weighted by atomic mass is 9.97. The monoisotopic (exact) mass is 1700 g/mol. The molecule has 12 atom stereocenters. The van der Waals surface area contributed by atoms with E-state index in [2.05, 4.69) is 70.0 Å². The SMILES string of the molecule is CCCCCCCCCCCCCCCCCC[SiH](O)O[Si]1(CCC[N+](C)(C)C)OC(C(C)O)C2O[Si](CCCCCCCCCCCCCCCCCC)(O1)O[Si]1(CCCCCCCCCCCCCCCCCC)OC2C2O[Si](CCC[N+](C)(C)C)(O[Si](O)(CCCCCCCCCCCCCCCCCC)OC2C)O1. The van der Waals surface area contributed by atoms with Gasteiger partial charge >= 0.3 is 53.3 Å². The van der Waals surface area contributed by atoms with Crippen molar-refractivity contribution in [3.05, 3.63) is 0 Å². The van der Waals surface area contributed by atoms with Crippen LogP contribution in [-0.2, 0) is 42.7 Å². The molecule has 4 heterocycles. The molecule has 0 radical (unpaired) electrons. The number of hydrogen-bond acceptors (Lipinski definition) is 13. The predicted octanol–water partition coefficient (Wildman–Crippen LogP) is 26.6. The van der Waals surface area contributed by atoms with Crippen molar-refractivity contribution < 1.29 is 66.4 Å². The Morgan fingerprint density at radius 3 is 0.876 bits per heavy atom. The minimum Gasteiger partial charge on any atom is -0.413 e. The molecule has 0 saturated carbocycles. The van der Waals surface area contributed by atoms with Gasteiger partial charge in [0.15, 0.2) is 0 Å². The number of rotatable bonds is 79. The molecule has 4 fully saturated rings. The maximum absolute atomic E-state index is 13.4. The Bertz CT molecular complexity index is 2160. The van der Waals surface area contributed by atoms with Crippen molar-refractivity contribution in [1.82, 2.24) is 0 Å². The molecule has 4 aliphatic rings. The van der Waals surface area contributed by atoms with E-state index in [1.165, 1.54) is 334 Å². The van der Waals surface area contributed by atoms with Crippen LogP contribution >= 0.6 is 0 Å². The Hall–Kier alpha value is 0.701. The Labute approximate surface area is 708 Å². The van der Waals surface area contributed by atoms with E-state index in [-0.39, 0.29) is 0 Å². The first-order valence-electron chi connectivity index (χ1n) is 50.2. The number of quaternary nitrogens is 2. The van der Waals surface area contributed by atoms with Gasteiger partial charge in [0.25, 0.3) is 0 Å². The molecule has 21 heteroatoms. The highest BCUT2D eigenvalue weighted by Gasteiger charge is 2.74. The zero-order valence-electron chi connectivity index (χ0n) is 77.2. The molecule has 0 amide bonds. The summed E-state index contributed by atoms with van der Waals surface area (Å²) < 4.78 is 79.2. The number of fused-ring (bicyclic) bond motifs is 8. The maximum atomic E-state index is 13.4. The van der Waals surface area contributed by atoms with Crippen molar-refractivity contribution in [2.45, 2.75) is 538 Å². The summed E-state index contributed by atoms with van der Waals surface area (Å²) in [5, 5.41) is 12.7. The Balaban J connectivity index is 1.70. The van der Waals surface area contributed by atoms with E-state index in [0.29, 0.717) is 36.3 Å². The Morgan fingerprint density at radius 2 is 0.558 bits per heavy atom. The molecule has 15 nitrogen and oxygen atoms in total. The van der Waals surface area contributed by atoms with Gasteiger partial charge in [0.05, 0.1) is 67.6 Å². The van der Waals surface area contributed by atoms with Crippen molar-refractivity contribution in [3.8, 4) is 0 Å². The standard InChI is InChI=1S/C92H194N2O13Si6/c1-13-17-21-25-29-33-37-41-45-49-53-57-61-65-69-73-81-108(96)103-110(85-77-79-93(7,8)9)99-89(87(5)95)91-92-90-88(6)98-109(97,82-74-70-66-62-58-54-50-46-42-38-34-30-26-22-18-14-2)104-111(100-90,86-78-80-94(10,11)12)106-113(102-92,84-76-72-68-64-60-56-52-48-44-40-36-32-28-24-20-16-4)107-112(101-91,105-110)83-75-71-67-63-59-55-51-47-43-39-35-31-27-23-19-15-3/h87-92,95-97,108H,13-86H2,1-12H3/q+2. The van der Waals surface area contributed by atoms with Crippen LogP contribution in [0, 0.1) is 0 Å². The number of unbranched alkanes of at least 4 members (excludes halogenated alkanes) is 60. The fraction of sp³-hybridized carbons (Fsp3) is 1.00. The van der Waals surface area contributed by atoms with Crippen molar-refractivity contribution >= 4 is 53.3 Å². The van der Waals surface area contributed by atoms with Gasteiger partial charge in [-0.05, 0) is 39.2 Å². The van der Waals surface area contributed by atoms with E-state index < -0.39 is 89.9 Å². The van der Waals surface area contributed by atoms with E-state index in [9.17, 15) is 14.7 Å². The summed E-state index contributed by atoms with van der Waals surface area (Å²) in [7, 11) is -9.94. The highest BCUT2D eigenvalue weighted by Crippen LogP contribution is 2.50. The Kier molecular flexibility index (Phi) is 60.5. The second kappa shape index (κ2) is 64.5. The minimum atomic E-state index is -4.13. The van der Waals surface area contributed by atoms with Crippen LogP contribution in [0.4, 0.5) is 0 Å². The number of hydrogen-bond donors (Lipinski definition) is 3. The van der Waals surface area contributed by atoms with Gasteiger partial charge < -0.3 is 66.4 Å². The molecule has 0 spiro atoms. The van der Waals surface area contributed by atoms with Crippen molar-refractivity contribution in [2.75, 3.05) is 55.4 Å². The first-order valence-corrected chi connectivity index (χ1v) is 61.7. The summed E-state index contributed by atoms with van der Waals surface area (Å²) in [6.07, 6.45) is 77.6. The van der Waals surface area contributed by atoms with Gasteiger partial charge in [-0.3, -0.25) is 0 Å². The molecular formula is C92H194N2O13Si6+2. The Morgan fingerprint density at radius 1 is 0.301 bits per heavy atom. The fourth-order valence-electron chi connectivity index (χ4n) is 18.1.